The van der Waals surface area contributed by atoms with E-state index in [9.17, 15) is 4.79 Å². The SMILES string of the molecule is COC(=O)c1cc(N(C)Cc2ccc(Cl)s2)cc(C)c1N. The van der Waals surface area contributed by atoms with Crippen molar-refractivity contribution in [3.8, 4) is 0 Å². The number of nitrogen functional groups attached to an aromatic ring is 1. The molecule has 0 bridgehead atoms. The highest BCUT2D eigenvalue weighted by Crippen LogP contribution is 2.28. The number of halogens is 1. The first-order valence-corrected chi connectivity index (χ1v) is 7.55. The smallest absolute Gasteiger partial charge is 0.340 e. The molecule has 4 nitrogen and oxygen atoms in total. The highest BCUT2D eigenvalue weighted by molar-refractivity contribution is 7.16. The molecule has 112 valence electrons. The second-order valence-corrected chi connectivity index (χ2v) is 6.58. The van der Waals surface area contributed by atoms with Gasteiger partial charge >= 0.3 is 5.97 Å². The van der Waals surface area contributed by atoms with Crippen LogP contribution < -0.4 is 10.6 Å². The Morgan fingerprint density at radius 1 is 1.43 bits per heavy atom. The van der Waals surface area contributed by atoms with E-state index in [1.165, 1.54) is 7.11 Å². The number of methoxy groups -OCH3 is 1. The van der Waals surface area contributed by atoms with Crippen LogP contribution in [-0.2, 0) is 11.3 Å². The largest absolute Gasteiger partial charge is 0.465 e. The fourth-order valence-corrected chi connectivity index (χ4v) is 3.18. The highest BCUT2D eigenvalue weighted by Gasteiger charge is 2.15. The first-order valence-electron chi connectivity index (χ1n) is 6.36. The number of benzene rings is 1. The zero-order valence-electron chi connectivity index (χ0n) is 12.1. The summed E-state index contributed by atoms with van der Waals surface area (Å²) in [7, 11) is 3.31. The van der Waals surface area contributed by atoms with Gasteiger partial charge in [0.2, 0.25) is 0 Å². The van der Waals surface area contributed by atoms with Crippen LogP contribution in [0.2, 0.25) is 4.34 Å². The molecule has 0 fully saturated rings. The number of rotatable bonds is 4. The van der Waals surface area contributed by atoms with Crippen molar-refractivity contribution >= 4 is 40.3 Å². The van der Waals surface area contributed by atoms with E-state index in [1.54, 1.807) is 17.4 Å². The van der Waals surface area contributed by atoms with Crippen LogP contribution in [0.1, 0.15) is 20.8 Å². The van der Waals surface area contributed by atoms with Crippen LogP contribution >= 0.6 is 22.9 Å². The maximum absolute atomic E-state index is 11.8. The second kappa shape index (κ2) is 6.37. The van der Waals surface area contributed by atoms with Gasteiger partial charge in [-0.05, 0) is 36.8 Å². The van der Waals surface area contributed by atoms with E-state index >= 15 is 0 Å². The third-order valence-electron chi connectivity index (χ3n) is 3.24. The maximum Gasteiger partial charge on any atom is 0.340 e. The van der Waals surface area contributed by atoms with Gasteiger partial charge in [-0.3, -0.25) is 0 Å². The number of ether oxygens (including phenoxy) is 1. The summed E-state index contributed by atoms with van der Waals surface area (Å²) in [6.45, 7) is 2.59. The molecular formula is C15H17ClN2O2S. The quantitative estimate of drug-likeness (QED) is 0.688. The lowest BCUT2D eigenvalue weighted by Gasteiger charge is -2.21. The minimum Gasteiger partial charge on any atom is -0.465 e. The summed E-state index contributed by atoms with van der Waals surface area (Å²) in [4.78, 5) is 15.0. The molecule has 0 saturated heterocycles. The molecule has 0 aliphatic rings. The van der Waals surface area contributed by atoms with Crippen LogP contribution in [0.25, 0.3) is 0 Å². The number of hydrogen-bond acceptors (Lipinski definition) is 5. The molecule has 1 aromatic heterocycles. The number of thiophene rings is 1. The third kappa shape index (κ3) is 3.49. The summed E-state index contributed by atoms with van der Waals surface area (Å²) >= 11 is 7.48. The van der Waals surface area contributed by atoms with E-state index in [0.717, 1.165) is 20.5 Å². The van der Waals surface area contributed by atoms with Gasteiger partial charge in [-0.15, -0.1) is 11.3 Å². The first-order chi connectivity index (χ1) is 9.92. The summed E-state index contributed by atoms with van der Waals surface area (Å²) in [6.07, 6.45) is 0. The Balaban J connectivity index is 2.30. The summed E-state index contributed by atoms with van der Waals surface area (Å²) in [5.74, 6) is -0.426. The number of nitrogens with zero attached hydrogens (tertiary/aromatic N) is 1. The lowest BCUT2D eigenvalue weighted by molar-refractivity contribution is 0.0602. The lowest BCUT2D eigenvalue weighted by Crippen LogP contribution is -2.17. The molecule has 0 radical (unpaired) electrons. The zero-order chi connectivity index (χ0) is 15.6. The van der Waals surface area contributed by atoms with Gasteiger partial charge in [0, 0.05) is 23.3 Å². The van der Waals surface area contributed by atoms with Gasteiger partial charge in [0.1, 0.15) is 0 Å². The molecular weight excluding hydrogens is 308 g/mol. The van der Waals surface area contributed by atoms with Crippen LogP contribution in [-0.4, -0.2) is 20.1 Å². The fraction of sp³-hybridized carbons (Fsp3) is 0.267. The van der Waals surface area contributed by atoms with Gasteiger partial charge < -0.3 is 15.4 Å². The predicted octanol–water partition coefficient (Wildman–Crippen LogP) is 3.72. The van der Waals surface area contributed by atoms with Crippen molar-refractivity contribution in [2.75, 3.05) is 24.8 Å². The summed E-state index contributed by atoms with van der Waals surface area (Å²) in [5, 5.41) is 0. The maximum atomic E-state index is 11.8. The Kier molecular flexibility index (Phi) is 4.75. The van der Waals surface area contributed by atoms with Gasteiger partial charge in [-0.25, -0.2) is 4.79 Å². The number of anilines is 2. The highest BCUT2D eigenvalue weighted by atomic mass is 35.5. The molecule has 0 aliphatic heterocycles. The van der Waals surface area contributed by atoms with Crippen LogP contribution in [0, 0.1) is 6.92 Å². The van der Waals surface area contributed by atoms with Gasteiger partial charge in [0.15, 0.2) is 0 Å². The van der Waals surface area contributed by atoms with E-state index in [-0.39, 0.29) is 0 Å². The molecule has 1 heterocycles. The summed E-state index contributed by atoms with van der Waals surface area (Å²) < 4.78 is 5.54. The van der Waals surface area contributed by atoms with Gasteiger partial charge in [0.05, 0.1) is 23.6 Å². The monoisotopic (exact) mass is 324 g/mol. The normalized spacial score (nSPS) is 10.5. The van der Waals surface area contributed by atoms with E-state index < -0.39 is 5.97 Å². The average molecular weight is 325 g/mol. The van der Waals surface area contributed by atoms with E-state index in [2.05, 4.69) is 0 Å². The number of hydrogen-bond donors (Lipinski definition) is 1. The molecule has 0 aliphatic carbocycles. The molecule has 0 saturated carbocycles. The Hall–Kier alpha value is -1.72. The molecule has 0 atom stereocenters. The molecule has 2 N–H and O–H groups in total. The molecule has 2 rings (SSSR count). The number of carbonyl (C=O) groups is 1. The lowest BCUT2D eigenvalue weighted by atomic mass is 10.1. The number of esters is 1. The molecule has 0 spiro atoms. The summed E-state index contributed by atoms with van der Waals surface area (Å²) in [6, 6.07) is 7.58. The van der Waals surface area contributed by atoms with Gasteiger partial charge in [-0.2, -0.15) is 0 Å². The Morgan fingerprint density at radius 2 is 2.14 bits per heavy atom. The van der Waals surface area contributed by atoms with Crippen LogP contribution in [0.5, 0.6) is 0 Å². The number of aryl methyl sites for hydroxylation is 1. The molecule has 0 amide bonds. The van der Waals surface area contributed by atoms with Crippen molar-refractivity contribution in [3.63, 3.8) is 0 Å². The van der Waals surface area contributed by atoms with E-state index in [0.29, 0.717) is 17.8 Å². The zero-order valence-corrected chi connectivity index (χ0v) is 13.7. The molecule has 6 heteroatoms. The fourth-order valence-electron chi connectivity index (χ4n) is 2.04. The van der Waals surface area contributed by atoms with E-state index in [4.69, 9.17) is 22.1 Å². The van der Waals surface area contributed by atoms with Crippen LogP contribution in [0.3, 0.4) is 0 Å². The van der Waals surface area contributed by atoms with Crippen molar-refractivity contribution in [1.29, 1.82) is 0 Å². The topological polar surface area (TPSA) is 55.6 Å². The number of nitrogens with two attached hydrogens (primary N) is 1. The number of carbonyl (C=O) groups excluding carboxylic acids is 1. The minimum atomic E-state index is -0.426. The average Bonchev–Trinajstić information content (AvgIpc) is 2.86. The standard InChI is InChI=1S/C15H17ClN2O2S/c1-9-6-10(7-12(14(9)17)15(19)20-3)18(2)8-11-4-5-13(16)21-11/h4-7H,8,17H2,1-3H3. The van der Waals surface area contributed by atoms with Gasteiger partial charge in [0.25, 0.3) is 0 Å². The van der Waals surface area contributed by atoms with Crippen molar-refractivity contribution < 1.29 is 9.53 Å². The minimum absolute atomic E-state index is 0.392. The molecule has 21 heavy (non-hydrogen) atoms. The van der Waals surface area contributed by atoms with Crippen molar-refractivity contribution in [3.05, 3.63) is 44.6 Å². The van der Waals surface area contributed by atoms with E-state index in [1.807, 2.05) is 37.1 Å². The van der Waals surface area contributed by atoms with Crippen molar-refractivity contribution in [1.82, 2.24) is 0 Å². The van der Waals surface area contributed by atoms with Crippen LogP contribution in [0.15, 0.2) is 24.3 Å². The second-order valence-electron chi connectivity index (χ2n) is 4.78. The van der Waals surface area contributed by atoms with Crippen molar-refractivity contribution in [2.24, 2.45) is 0 Å². The third-order valence-corrected chi connectivity index (χ3v) is 4.46. The van der Waals surface area contributed by atoms with Gasteiger partial charge in [-0.1, -0.05) is 11.6 Å². The van der Waals surface area contributed by atoms with Crippen molar-refractivity contribution in [2.45, 2.75) is 13.5 Å². The molecule has 2 aromatic rings. The molecule has 1 aromatic carbocycles. The first kappa shape index (κ1) is 15.7. The summed E-state index contributed by atoms with van der Waals surface area (Å²) in [5.41, 5.74) is 8.56. The predicted molar refractivity (Wildman–Crippen MR) is 88.4 cm³/mol. The Morgan fingerprint density at radius 3 is 2.71 bits per heavy atom. The van der Waals surface area contributed by atoms with Crippen LogP contribution in [0.4, 0.5) is 11.4 Å². The Bertz CT molecular complexity index is 670. The molecule has 0 unspecified atom stereocenters. The Labute approximate surface area is 133 Å².